The molecule has 1 unspecified atom stereocenters. The van der Waals surface area contributed by atoms with E-state index < -0.39 is 34.0 Å². The Labute approximate surface area is 221 Å². The number of carbonyl (C=O) groups is 1. The van der Waals surface area contributed by atoms with E-state index in [1.165, 1.54) is 9.40 Å². The molecule has 206 valence electrons. The second-order valence-corrected chi connectivity index (χ2v) is 10.5. The van der Waals surface area contributed by atoms with Gasteiger partial charge in [-0.05, 0) is 55.4 Å². The summed E-state index contributed by atoms with van der Waals surface area (Å²) >= 11 is 5.11. The number of alkyl halides is 3. The van der Waals surface area contributed by atoms with Crippen LogP contribution in [-0.4, -0.2) is 70.9 Å². The molecule has 0 saturated heterocycles. The van der Waals surface area contributed by atoms with E-state index >= 15 is 0 Å². The summed E-state index contributed by atoms with van der Waals surface area (Å²) in [6.07, 6.45) is -0.842. The molecule has 16 heteroatoms. The molecular weight excluding hydrogens is 547 g/mol. The number of aromatic amines is 1. The van der Waals surface area contributed by atoms with Crippen LogP contribution in [0.15, 0.2) is 42.5 Å². The number of aryl methyl sites for hydroxylation is 2. The predicted octanol–water partition coefficient (Wildman–Crippen LogP) is 3.14. The lowest BCUT2D eigenvalue weighted by atomic mass is 10.1. The molecule has 1 heterocycles. The number of carboxylic acid groups (broad SMARTS) is 1. The van der Waals surface area contributed by atoms with Gasteiger partial charge < -0.3 is 15.3 Å². The summed E-state index contributed by atoms with van der Waals surface area (Å²) in [5.74, 6) is -1.44. The third kappa shape index (κ3) is 7.29. The van der Waals surface area contributed by atoms with Gasteiger partial charge in [0.05, 0.1) is 12.1 Å². The molecule has 0 fully saturated rings. The van der Waals surface area contributed by atoms with Crippen LogP contribution in [0.5, 0.6) is 0 Å². The predicted molar refractivity (Wildman–Crippen MR) is 137 cm³/mol. The van der Waals surface area contributed by atoms with Gasteiger partial charge in [0.1, 0.15) is 0 Å². The SMILES string of the molecule is Cc1cccc(C)c1N(CCNc1cccc(-n2[nH]nnc2=S)c1)CC(CC(=O)O)NS(=O)(=O)C(F)(F)F. The molecule has 38 heavy (non-hydrogen) atoms. The highest BCUT2D eigenvalue weighted by Crippen LogP contribution is 2.27. The average Bonchev–Trinajstić information content (AvgIpc) is 3.23. The fourth-order valence-electron chi connectivity index (χ4n) is 3.96. The van der Waals surface area contributed by atoms with Crippen LogP contribution in [0.3, 0.4) is 0 Å². The van der Waals surface area contributed by atoms with Crippen molar-refractivity contribution < 1.29 is 31.5 Å². The molecule has 0 aliphatic heterocycles. The van der Waals surface area contributed by atoms with Gasteiger partial charge in [0.25, 0.3) is 0 Å². The highest BCUT2D eigenvalue weighted by molar-refractivity contribution is 7.90. The monoisotopic (exact) mass is 573 g/mol. The van der Waals surface area contributed by atoms with E-state index in [-0.39, 0.29) is 24.4 Å². The van der Waals surface area contributed by atoms with Gasteiger partial charge in [-0.1, -0.05) is 34.6 Å². The number of rotatable bonds is 12. The molecule has 1 aromatic heterocycles. The van der Waals surface area contributed by atoms with Gasteiger partial charge in [-0.25, -0.2) is 17.8 Å². The second kappa shape index (κ2) is 11.9. The Morgan fingerprint density at radius 2 is 1.87 bits per heavy atom. The summed E-state index contributed by atoms with van der Waals surface area (Å²) in [7, 11) is -5.76. The first-order chi connectivity index (χ1) is 17.8. The minimum Gasteiger partial charge on any atom is -0.481 e. The lowest BCUT2D eigenvalue weighted by Crippen LogP contribution is -2.49. The molecule has 3 aromatic rings. The molecule has 0 spiro atoms. The Bertz CT molecular complexity index is 1420. The summed E-state index contributed by atoms with van der Waals surface area (Å²) in [5.41, 5.74) is -1.96. The number of nitrogens with zero attached hydrogens (tertiary/aromatic N) is 4. The van der Waals surface area contributed by atoms with E-state index in [0.717, 1.165) is 11.1 Å². The van der Waals surface area contributed by atoms with Crippen LogP contribution in [0.25, 0.3) is 5.69 Å². The Kier molecular flexibility index (Phi) is 9.11. The number of halogens is 3. The summed E-state index contributed by atoms with van der Waals surface area (Å²) in [6.45, 7) is 3.80. The first-order valence-electron chi connectivity index (χ1n) is 11.2. The Balaban J connectivity index is 1.84. The van der Waals surface area contributed by atoms with Crippen LogP contribution in [0.2, 0.25) is 0 Å². The van der Waals surface area contributed by atoms with Crippen molar-refractivity contribution in [3.05, 3.63) is 58.4 Å². The quantitative estimate of drug-likeness (QED) is 0.240. The number of benzene rings is 2. The second-order valence-electron chi connectivity index (χ2n) is 8.44. The molecule has 0 bridgehead atoms. The van der Waals surface area contributed by atoms with Crippen molar-refractivity contribution >= 4 is 39.6 Å². The maximum absolute atomic E-state index is 13.0. The third-order valence-corrected chi connectivity index (χ3v) is 7.05. The van der Waals surface area contributed by atoms with Crippen molar-refractivity contribution in [2.75, 3.05) is 29.9 Å². The molecule has 0 aliphatic rings. The van der Waals surface area contributed by atoms with Crippen molar-refractivity contribution in [1.82, 2.24) is 24.9 Å². The van der Waals surface area contributed by atoms with Crippen LogP contribution in [-0.2, 0) is 14.8 Å². The van der Waals surface area contributed by atoms with Gasteiger partial charge in [0.2, 0.25) is 4.77 Å². The summed E-state index contributed by atoms with van der Waals surface area (Å²) < 4.78 is 65.9. The molecular formula is C22H26F3N7O4S2. The van der Waals surface area contributed by atoms with Gasteiger partial charge in [-0.15, -0.1) is 0 Å². The molecule has 11 nitrogen and oxygen atoms in total. The number of para-hydroxylation sites is 1. The highest BCUT2D eigenvalue weighted by atomic mass is 32.2. The van der Waals surface area contributed by atoms with Crippen molar-refractivity contribution in [2.24, 2.45) is 0 Å². The van der Waals surface area contributed by atoms with Gasteiger partial charge in [-0.3, -0.25) is 4.79 Å². The number of hydrogen-bond donors (Lipinski definition) is 4. The van der Waals surface area contributed by atoms with E-state index in [2.05, 4.69) is 20.8 Å². The van der Waals surface area contributed by atoms with Crippen LogP contribution < -0.4 is 14.9 Å². The molecule has 0 aliphatic carbocycles. The minimum absolute atomic E-state index is 0.213. The Morgan fingerprint density at radius 3 is 2.45 bits per heavy atom. The first kappa shape index (κ1) is 29.1. The average molecular weight is 574 g/mol. The van der Waals surface area contributed by atoms with Crippen LogP contribution in [0, 0.1) is 18.6 Å². The van der Waals surface area contributed by atoms with Gasteiger partial charge in [0, 0.05) is 37.1 Å². The molecule has 2 aromatic carbocycles. The van der Waals surface area contributed by atoms with E-state index in [9.17, 15) is 31.5 Å². The number of H-pyrrole nitrogens is 1. The molecule has 0 radical (unpaired) electrons. The number of sulfonamides is 1. The molecule has 0 amide bonds. The van der Waals surface area contributed by atoms with Crippen LogP contribution in [0.4, 0.5) is 24.5 Å². The maximum Gasteiger partial charge on any atom is 0.511 e. The van der Waals surface area contributed by atoms with E-state index in [1.807, 2.05) is 6.07 Å². The number of aliphatic carboxylic acids is 1. The van der Waals surface area contributed by atoms with Crippen molar-refractivity contribution in [3.8, 4) is 5.69 Å². The fourth-order valence-corrected chi connectivity index (χ4v) is 4.88. The number of tetrazole rings is 1. The standard InChI is InChI=1S/C22H26F3N7O4S2/c1-14-5-3-6-15(2)20(14)31(13-17(12-19(33)34)28-38(35,36)22(23,24)25)10-9-26-16-7-4-8-18(11-16)32-21(37)27-29-30-32/h3-8,11,17,26,28H,9-10,12-13H2,1-2H3,(H,33,34)(H,27,30,37). The topological polar surface area (TPSA) is 145 Å². The highest BCUT2D eigenvalue weighted by Gasteiger charge is 2.47. The summed E-state index contributed by atoms with van der Waals surface area (Å²) in [5, 5.41) is 22.5. The first-order valence-corrected chi connectivity index (χ1v) is 13.1. The van der Waals surface area contributed by atoms with E-state index in [0.29, 0.717) is 17.1 Å². The van der Waals surface area contributed by atoms with E-state index in [4.69, 9.17) is 12.2 Å². The molecule has 3 rings (SSSR count). The van der Waals surface area contributed by atoms with Crippen LogP contribution in [0.1, 0.15) is 17.5 Å². The van der Waals surface area contributed by atoms with Crippen LogP contribution >= 0.6 is 12.2 Å². The van der Waals surface area contributed by atoms with Crippen molar-refractivity contribution in [3.63, 3.8) is 0 Å². The number of aromatic nitrogens is 4. The number of nitrogens with one attached hydrogen (secondary N) is 3. The zero-order valence-electron chi connectivity index (χ0n) is 20.4. The fraction of sp³-hybridized carbons (Fsp3) is 0.364. The summed E-state index contributed by atoms with van der Waals surface area (Å²) in [6, 6.07) is 11.0. The van der Waals surface area contributed by atoms with Crippen molar-refractivity contribution in [2.45, 2.75) is 31.8 Å². The van der Waals surface area contributed by atoms with Gasteiger partial charge in [0.15, 0.2) is 0 Å². The Morgan fingerprint density at radius 1 is 1.21 bits per heavy atom. The normalized spacial score (nSPS) is 12.8. The summed E-state index contributed by atoms with van der Waals surface area (Å²) in [4.78, 5) is 13.1. The third-order valence-electron chi connectivity index (χ3n) is 5.53. The maximum atomic E-state index is 13.0. The van der Waals surface area contributed by atoms with E-state index in [1.54, 1.807) is 55.1 Å². The lowest BCUT2D eigenvalue weighted by molar-refractivity contribution is -0.137. The molecule has 1 atom stereocenters. The zero-order valence-corrected chi connectivity index (χ0v) is 22.0. The smallest absolute Gasteiger partial charge is 0.481 e. The zero-order chi connectivity index (χ0) is 28.1. The largest absolute Gasteiger partial charge is 0.511 e. The molecule has 4 N–H and O–H groups in total. The lowest BCUT2D eigenvalue weighted by Gasteiger charge is -2.32. The van der Waals surface area contributed by atoms with Gasteiger partial charge in [-0.2, -0.15) is 18.4 Å². The minimum atomic E-state index is -5.76. The Hall–Kier alpha value is -3.50. The molecule has 0 saturated carbocycles. The number of anilines is 2. The van der Waals surface area contributed by atoms with Crippen molar-refractivity contribution in [1.29, 1.82) is 0 Å². The number of carboxylic acids is 1. The number of hydrogen-bond acceptors (Lipinski definition) is 8. The van der Waals surface area contributed by atoms with Gasteiger partial charge >= 0.3 is 21.5 Å².